The monoisotopic (exact) mass is 312 g/mol. The summed E-state index contributed by atoms with van der Waals surface area (Å²) in [7, 11) is -2.86. The van der Waals surface area contributed by atoms with Gasteiger partial charge in [-0.1, -0.05) is 0 Å². The van der Waals surface area contributed by atoms with E-state index in [-0.39, 0.29) is 17.4 Å². The van der Waals surface area contributed by atoms with Crippen LogP contribution in [0.4, 0.5) is 0 Å². The first kappa shape index (κ1) is 14.6. The van der Waals surface area contributed by atoms with E-state index in [2.05, 4.69) is 4.98 Å². The van der Waals surface area contributed by atoms with Gasteiger partial charge >= 0.3 is 5.97 Å². The van der Waals surface area contributed by atoms with Crippen LogP contribution < -0.4 is 0 Å². The number of hydrogen-bond donors (Lipinski definition) is 1. The predicted molar refractivity (Wildman–Crippen MR) is 76.9 cm³/mol. The molecular weight excluding hydrogens is 292 g/mol. The highest BCUT2D eigenvalue weighted by Gasteiger charge is 2.30. The van der Waals surface area contributed by atoms with E-state index in [9.17, 15) is 18.3 Å². The highest BCUT2D eigenvalue weighted by atomic mass is 32.2. The Hall–Kier alpha value is -1.37. The molecule has 21 heavy (non-hydrogen) atoms. The Balaban J connectivity index is 1.78. The highest BCUT2D eigenvalue weighted by molar-refractivity contribution is 7.91. The standard InChI is InChI=1S/C14H20N2O4S/c17-14(18)12-3-1-2-11-9-15-13(16(11)12)8-10-4-6-21(19,20)7-5-10/h9-10,12H,1-8H2,(H,17,18). The summed E-state index contributed by atoms with van der Waals surface area (Å²) in [6.45, 7) is 0. The number of hydrogen-bond acceptors (Lipinski definition) is 4. The van der Waals surface area contributed by atoms with Gasteiger partial charge in [-0.25, -0.2) is 18.2 Å². The van der Waals surface area contributed by atoms with Gasteiger partial charge in [-0.15, -0.1) is 0 Å². The molecule has 0 bridgehead atoms. The third-order valence-corrected chi connectivity index (χ3v) is 6.32. The van der Waals surface area contributed by atoms with E-state index in [0.717, 1.165) is 24.4 Å². The van der Waals surface area contributed by atoms with Crippen molar-refractivity contribution in [2.75, 3.05) is 11.5 Å². The fourth-order valence-corrected chi connectivity index (χ4v) is 4.99. The number of carboxylic acid groups (broad SMARTS) is 1. The summed E-state index contributed by atoms with van der Waals surface area (Å²) in [4.78, 5) is 15.8. The van der Waals surface area contributed by atoms with Crippen LogP contribution in [0, 0.1) is 5.92 Å². The van der Waals surface area contributed by atoms with Gasteiger partial charge in [0.1, 0.15) is 21.7 Å². The molecule has 0 amide bonds. The number of imidazole rings is 1. The summed E-state index contributed by atoms with van der Waals surface area (Å²) < 4.78 is 24.8. The first-order chi connectivity index (χ1) is 9.96. The molecule has 6 nitrogen and oxygen atoms in total. The molecule has 1 aromatic rings. The molecule has 2 aliphatic rings. The van der Waals surface area contributed by atoms with Crippen molar-refractivity contribution in [2.45, 2.75) is 44.6 Å². The van der Waals surface area contributed by atoms with Crippen LogP contribution in [0.15, 0.2) is 6.20 Å². The zero-order valence-corrected chi connectivity index (χ0v) is 12.7. The molecule has 116 valence electrons. The minimum Gasteiger partial charge on any atom is -0.480 e. The maximum atomic E-state index is 11.5. The largest absolute Gasteiger partial charge is 0.480 e. The second-order valence-corrected chi connectivity index (χ2v) is 8.38. The van der Waals surface area contributed by atoms with Crippen molar-refractivity contribution < 1.29 is 18.3 Å². The molecule has 0 aliphatic carbocycles. The van der Waals surface area contributed by atoms with E-state index in [4.69, 9.17) is 0 Å². The molecule has 1 aromatic heterocycles. The Kier molecular flexibility index (Phi) is 3.77. The Bertz CT molecular complexity index is 636. The molecule has 7 heteroatoms. The lowest BCUT2D eigenvalue weighted by Crippen LogP contribution is -2.29. The van der Waals surface area contributed by atoms with Crippen molar-refractivity contribution >= 4 is 15.8 Å². The lowest BCUT2D eigenvalue weighted by molar-refractivity contribution is -0.141. The molecule has 0 saturated carbocycles. The second kappa shape index (κ2) is 5.44. The quantitative estimate of drug-likeness (QED) is 0.906. The van der Waals surface area contributed by atoms with Gasteiger partial charge in [0.2, 0.25) is 0 Å². The number of aromatic nitrogens is 2. The van der Waals surface area contributed by atoms with Gasteiger partial charge in [-0.05, 0) is 38.0 Å². The van der Waals surface area contributed by atoms with Gasteiger partial charge in [-0.3, -0.25) is 0 Å². The number of sulfone groups is 1. The van der Waals surface area contributed by atoms with Gasteiger partial charge in [-0.2, -0.15) is 0 Å². The first-order valence-corrected chi connectivity index (χ1v) is 9.26. The van der Waals surface area contributed by atoms with Crippen molar-refractivity contribution in [1.82, 2.24) is 9.55 Å². The molecule has 0 aromatic carbocycles. The second-order valence-electron chi connectivity index (χ2n) is 6.08. The van der Waals surface area contributed by atoms with Gasteiger partial charge in [0.15, 0.2) is 0 Å². The summed E-state index contributed by atoms with van der Waals surface area (Å²) in [6.07, 6.45) is 6.16. The summed E-state index contributed by atoms with van der Waals surface area (Å²) in [6, 6.07) is -0.515. The normalized spacial score (nSPS) is 25.4. The van der Waals surface area contributed by atoms with E-state index in [0.29, 0.717) is 25.7 Å². The summed E-state index contributed by atoms with van der Waals surface area (Å²) in [5.74, 6) is 0.778. The van der Waals surface area contributed by atoms with Crippen molar-refractivity contribution in [2.24, 2.45) is 5.92 Å². The van der Waals surface area contributed by atoms with Crippen LogP contribution in [0.1, 0.15) is 43.2 Å². The topological polar surface area (TPSA) is 89.3 Å². The number of fused-ring (bicyclic) bond motifs is 1. The molecular formula is C14H20N2O4S. The number of aliphatic carboxylic acids is 1. The average Bonchev–Trinajstić information content (AvgIpc) is 2.84. The van der Waals surface area contributed by atoms with Crippen molar-refractivity contribution in [3.05, 3.63) is 17.7 Å². The van der Waals surface area contributed by atoms with Crippen molar-refractivity contribution in [3.63, 3.8) is 0 Å². The molecule has 1 N–H and O–H groups in total. The summed E-state index contributed by atoms with van der Waals surface area (Å²) >= 11 is 0. The molecule has 1 saturated heterocycles. The Morgan fingerprint density at radius 3 is 2.71 bits per heavy atom. The van der Waals surface area contributed by atoms with Crippen LogP contribution in [0.3, 0.4) is 0 Å². The minimum absolute atomic E-state index is 0.244. The van der Waals surface area contributed by atoms with Crippen LogP contribution in [0.2, 0.25) is 0 Å². The maximum Gasteiger partial charge on any atom is 0.326 e. The maximum absolute atomic E-state index is 11.5. The number of carboxylic acids is 1. The molecule has 3 rings (SSSR count). The third-order valence-electron chi connectivity index (χ3n) is 4.60. The molecule has 1 fully saturated rings. The van der Waals surface area contributed by atoms with E-state index in [1.54, 1.807) is 6.20 Å². The lowest BCUT2D eigenvalue weighted by atomic mass is 9.97. The Morgan fingerprint density at radius 2 is 2.05 bits per heavy atom. The fourth-order valence-electron chi connectivity index (χ4n) is 3.40. The average molecular weight is 312 g/mol. The van der Waals surface area contributed by atoms with Crippen LogP contribution in [0.25, 0.3) is 0 Å². The molecule has 3 heterocycles. The zero-order valence-electron chi connectivity index (χ0n) is 11.9. The SMILES string of the molecule is O=C(O)C1CCCc2cnc(CC3CCS(=O)(=O)CC3)n21. The lowest BCUT2D eigenvalue weighted by Gasteiger charge is -2.26. The number of aryl methyl sites for hydroxylation is 1. The van der Waals surface area contributed by atoms with E-state index in [1.807, 2.05) is 4.57 Å². The Labute approximate surface area is 124 Å². The van der Waals surface area contributed by atoms with Gasteiger partial charge in [0, 0.05) is 18.3 Å². The molecule has 1 atom stereocenters. The van der Waals surface area contributed by atoms with Crippen LogP contribution in [-0.4, -0.2) is 40.6 Å². The van der Waals surface area contributed by atoms with Crippen molar-refractivity contribution in [3.8, 4) is 0 Å². The zero-order chi connectivity index (χ0) is 15.0. The van der Waals surface area contributed by atoms with E-state index in [1.165, 1.54) is 0 Å². The molecule has 1 unspecified atom stereocenters. The molecule has 2 aliphatic heterocycles. The summed E-state index contributed by atoms with van der Waals surface area (Å²) in [5.41, 5.74) is 0.993. The minimum atomic E-state index is -2.86. The molecule has 0 spiro atoms. The third kappa shape index (κ3) is 2.97. The van der Waals surface area contributed by atoms with E-state index < -0.39 is 21.8 Å². The van der Waals surface area contributed by atoms with Gasteiger partial charge in [0.05, 0.1) is 11.5 Å². The van der Waals surface area contributed by atoms with Gasteiger partial charge in [0.25, 0.3) is 0 Å². The van der Waals surface area contributed by atoms with Crippen molar-refractivity contribution in [1.29, 1.82) is 0 Å². The van der Waals surface area contributed by atoms with Crippen LogP contribution >= 0.6 is 0 Å². The van der Waals surface area contributed by atoms with Crippen LogP contribution in [-0.2, 0) is 27.5 Å². The highest BCUT2D eigenvalue weighted by Crippen LogP contribution is 2.30. The fraction of sp³-hybridized carbons (Fsp3) is 0.714. The number of rotatable bonds is 3. The summed E-state index contributed by atoms with van der Waals surface area (Å²) in [5, 5.41) is 9.37. The number of carbonyl (C=O) groups is 1. The number of nitrogens with zero attached hydrogens (tertiary/aromatic N) is 2. The predicted octanol–water partition coefficient (Wildman–Crippen LogP) is 1.21. The van der Waals surface area contributed by atoms with E-state index >= 15 is 0 Å². The Morgan fingerprint density at radius 1 is 1.33 bits per heavy atom. The smallest absolute Gasteiger partial charge is 0.326 e. The van der Waals surface area contributed by atoms with Crippen LogP contribution in [0.5, 0.6) is 0 Å². The molecule has 0 radical (unpaired) electrons. The van der Waals surface area contributed by atoms with Gasteiger partial charge < -0.3 is 9.67 Å². The first-order valence-electron chi connectivity index (χ1n) is 7.44.